The van der Waals surface area contributed by atoms with Crippen molar-refractivity contribution in [2.24, 2.45) is 40.9 Å². The number of nitriles is 1. The summed E-state index contributed by atoms with van der Waals surface area (Å²) in [5.41, 5.74) is 7.41. The fourth-order valence-electron chi connectivity index (χ4n) is 9.44. The summed E-state index contributed by atoms with van der Waals surface area (Å²) in [6.45, 7) is 10.5. The molecular weight excluding hydrogens is 432 g/mol. The summed E-state index contributed by atoms with van der Waals surface area (Å²) >= 11 is 0. The summed E-state index contributed by atoms with van der Waals surface area (Å²) in [6, 6.07) is 5.28. The number of fused-ring (bicyclic) bond motifs is 3. The van der Waals surface area contributed by atoms with Crippen molar-refractivity contribution >= 4 is 0 Å². The Bertz CT molecular complexity index is 764. The third-order valence-electron chi connectivity index (χ3n) is 11.6. The molecule has 4 saturated heterocycles. The van der Waals surface area contributed by atoms with Crippen LogP contribution in [0.25, 0.3) is 0 Å². The number of piperidine rings is 2. The third kappa shape index (κ3) is 4.81. The molecule has 6 nitrogen and oxygen atoms in total. The first-order valence-electron chi connectivity index (χ1n) is 15.1. The molecule has 4 aliphatic heterocycles. The van der Waals surface area contributed by atoms with Crippen LogP contribution < -0.4 is 21.5 Å². The molecule has 6 heteroatoms. The van der Waals surface area contributed by atoms with E-state index in [1.54, 1.807) is 0 Å². The average Bonchev–Trinajstić information content (AvgIpc) is 3.59. The van der Waals surface area contributed by atoms with Gasteiger partial charge in [-0.05, 0) is 133 Å². The number of hydrogen-bond acceptors (Lipinski definition) is 6. The topological polar surface area (TPSA) is 75.1 Å². The molecule has 196 valence electrons. The van der Waals surface area contributed by atoms with Crippen LogP contribution in [0.5, 0.6) is 0 Å². The lowest BCUT2D eigenvalue weighted by Crippen LogP contribution is -2.59. The predicted molar refractivity (Wildman–Crippen MR) is 140 cm³/mol. The van der Waals surface area contributed by atoms with Crippen molar-refractivity contribution in [1.82, 2.24) is 26.4 Å². The standard InChI is InChI=1S/C29H50N6/c1-29(2,18-30)22-8-5-19(6-9-22)28-27-24-14-20(7-10-25(24)32-17-26(27)33-34-28)21-13-23(16-31-15-21)35-11-3-4-12-35/h19-28,31-34H,3-17H2,1-2H3. The van der Waals surface area contributed by atoms with Crippen LogP contribution in [0.4, 0.5) is 0 Å². The maximum absolute atomic E-state index is 9.63. The van der Waals surface area contributed by atoms with Crippen LogP contribution in [0, 0.1) is 52.3 Å². The van der Waals surface area contributed by atoms with Gasteiger partial charge in [0.2, 0.25) is 0 Å². The van der Waals surface area contributed by atoms with Crippen molar-refractivity contribution < 1.29 is 0 Å². The van der Waals surface area contributed by atoms with Gasteiger partial charge >= 0.3 is 0 Å². The summed E-state index contributed by atoms with van der Waals surface area (Å²) < 4.78 is 0. The van der Waals surface area contributed by atoms with Gasteiger partial charge in [0, 0.05) is 37.3 Å². The second-order valence-electron chi connectivity index (χ2n) is 13.7. The van der Waals surface area contributed by atoms with Gasteiger partial charge in [-0.15, -0.1) is 0 Å². The number of rotatable bonds is 4. The summed E-state index contributed by atoms with van der Waals surface area (Å²) in [4.78, 5) is 2.79. The summed E-state index contributed by atoms with van der Waals surface area (Å²) in [5, 5.41) is 17.5. The Labute approximate surface area is 213 Å². The number of nitrogens with one attached hydrogen (secondary N) is 4. The Morgan fingerprint density at radius 1 is 0.800 bits per heavy atom. The smallest absolute Gasteiger partial charge is 0.0686 e. The normalized spacial score (nSPS) is 47.1. The Kier molecular flexibility index (Phi) is 7.18. The number of nitrogens with zero attached hydrogens (tertiary/aromatic N) is 2. The Hall–Kier alpha value is -0.710. The van der Waals surface area contributed by atoms with Crippen molar-refractivity contribution in [3.05, 3.63) is 0 Å². The van der Waals surface area contributed by atoms with E-state index in [-0.39, 0.29) is 5.41 Å². The van der Waals surface area contributed by atoms with Crippen LogP contribution in [0.15, 0.2) is 0 Å². The van der Waals surface area contributed by atoms with Gasteiger partial charge in [0.25, 0.3) is 0 Å². The van der Waals surface area contributed by atoms with Crippen LogP contribution in [-0.4, -0.2) is 61.8 Å². The Morgan fingerprint density at radius 3 is 2.34 bits per heavy atom. The molecular formula is C29H50N6. The molecule has 0 aromatic heterocycles. The molecule has 8 atom stereocenters. The molecule has 4 N–H and O–H groups in total. The SMILES string of the molecule is CC(C)(C#N)C1CCC(C2NNC3CNC4CCC(C5CNCC(N6CCCC6)C5)CC4C32)CC1. The van der Waals surface area contributed by atoms with E-state index in [1.807, 2.05) is 0 Å². The summed E-state index contributed by atoms with van der Waals surface area (Å²) in [5.74, 6) is 4.65. The van der Waals surface area contributed by atoms with Crippen LogP contribution in [0.3, 0.4) is 0 Å². The number of hydrogen-bond donors (Lipinski definition) is 4. The lowest BCUT2D eigenvalue weighted by molar-refractivity contribution is 0.0381. The van der Waals surface area contributed by atoms with E-state index < -0.39 is 0 Å². The lowest BCUT2D eigenvalue weighted by Gasteiger charge is -2.50. The molecule has 0 bridgehead atoms. The summed E-state index contributed by atoms with van der Waals surface area (Å²) in [6.07, 6.45) is 13.5. The van der Waals surface area contributed by atoms with Gasteiger partial charge in [-0.3, -0.25) is 15.8 Å². The van der Waals surface area contributed by atoms with E-state index >= 15 is 0 Å². The van der Waals surface area contributed by atoms with E-state index in [0.29, 0.717) is 18.0 Å². The molecule has 0 radical (unpaired) electrons. The first-order chi connectivity index (χ1) is 17.0. The zero-order valence-corrected chi connectivity index (χ0v) is 22.3. The van der Waals surface area contributed by atoms with Gasteiger partial charge in [0.1, 0.15) is 0 Å². The first kappa shape index (κ1) is 24.6. The van der Waals surface area contributed by atoms with Crippen molar-refractivity contribution in [1.29, 1.82) is 5.26 Å². The van der Waals surface area contributed by atoms with E-state index in [0.717, 1.165) is 48.2 Å². The highest BCUT2D eigenvalue weighted by Gasteiger charge is 2.52. The first-order valence-corrected chi connectivity index (χ1v) is 15.1. The molecule has 0 aromatic rings. The average molecular weight is 483 g/mol. The molecule has 0 amide bonds. The van der Waals surface area contributed by atoms with Gasteiger partial charge in [-0.25, -0.2) is 0 Å². The third-order valence-corrected chi connectivity index (χ3v) is 11.6. The van der Waals surface area contributed by atoms with Crippen LogP contribution in [0.1, 0.15) is 78.1 Å². The lowest BCUT2D eigenvalue weighted by atomic mass is 9.60. The maximum Gasteiger partial charge on any atom is 0.0686 e. The quantitative estimate of drug-likeness (QED) is 0.493. The van der Waals surface area contributed by atoms with Gasteiger partial charge in [0.15, 0.2) is 0 Å². The zero-order chi connectivity index (χ0) is 24.0. The Balaban J connectivity index is 1.11. The molecule has 6 rings (SSSR count). The zero-order valence-electron chi connectivity index (χ0n) is 22.3. The van der Waals surface area contributed by atoms with Gasteiger partial charge in [-0.2, -0.15) is 5.26 Å². The highest BCUT2D eigenvalue weighted by atomic mass is 15.4. The second-order valence-corrected chi connectivity index (χ2v) is 13.7. The van der Waals surface area contributed by atoms with E-state index in [4.69, 9.17) is 0 Å². The Morgan fingerprint density at radius 2 is 1.57 bits per heavy atom. The van der Waals surface area contributed by atoms with Gasteiger partial charge < -0.3 is 10.6 Å². The van der Waals surface area contributed by atoms with E-state index in [2.05, 4.69) is 46.3 Å². The molecule has 2 aliphatic carbocycles. The second kappa shape index (κ2) is 10.2. The molecule has 0 spiro atoms. The molecule has 35 heavy (non-hydrogen) atoms. The molecule has 6 fully saturated rings. The van der Waals surface area contributed by atoms with Crippen LogP contribution >= 0.6 is 0 Å². The molecule has 2 saturated carbocycles. The van der Waals surface area contributed by atoms with Crippen LogP contribution in [-0.2, 0) is 0 Å². The minimum Gasteiger partial charge on any atom is -0.315 e. The monoisotopic (exact) mass is 482 g/mol. The number of hydrazine groups is 1. The van der Waals surface area contributed by atoms with E-state index in [9.17, 15) is 5.26 Å². The molecule has 6 aliphatic rings. The fourth-order valence-corrected chi connectivity index (χ4v) is 9.44. The molecule has 4 heterocycles. The fraction of sp³-hybridized carbons (Fsp3) is 0.966. The van der Waals surface area contributed by atoms with Crippen molar-refractivity contribution in [3.8, 4) is 6.07 Å². The maximum atomic E-state index is 9.63. The number of likely N-dealkylation sites (tertiary alicyclic amines) is 1. The van der Waals surface area contributed by atoms with Crippen molar-refractivity contribution in [2.75, 3.05) is 32.7 Å². The highest BCUT2D eigenvalue weighted by molar-refractivity contribution is 5.08. The van der Waals surface area contributed by atoms with Gasteiger partial charge in [-0.1, -0.05) is 0 Å². The predicted octanol–water partition coefficient (Wildman–Crippen LogP) is 3.27. The van der Waals surface area contributed by atoms with Crippen LogP contribution in [0.2, 0.25) is 0 Å². The van der Waals surface area contributed by atoms with Crippen molar-refractivity contribution in [3.63, 3.8) is 0 Å². The van der Waals surface area contributed by atoms with Crippen molar-refractivity contribution in [2.45, 2.75) is 102 Å². The minimum absolute atomic E-state index is 0.174. The minimum atomic E-state index is -0.174. The molecule has 0 aromatic carbocycles. The highest BCUT2D eigenvalue weighted by Crippen LogP contribution is 2.48. The largest absolute Gasteiger partial charge is 0.315 e. The van der Waals surface area contributed by atoms with Gasteiger partial charge in [0.05, 0.1) is 11.5 Å². The van der Waals surface area contributed by atoms with E-state index in [1.165, 1.54) is 90.4 Å². The molecule has 8 unspecified atom stereocenters. The summed E-state index contributed by atoms with van der Waals surface area (Å²) in [7, 11) is 0.